The van der Waals surface area contributed by atoms with E-state index in [1.807, 2.05) is 24.3 Å². The number of nitrogens with zero attached hydrogens (tertiary/aromatic N) is 3. The average molecular weight is 730 g/mol. The van der Waals surface area contributed by atoms with Gasteiger partial charge < -0.3 is 4.42 Å². The lowest BCUT2D eigenvalue weighted by Crippen LogP contribution is -2.13. The molecule has 4 heteroatoms. The van der Waals surface area contributed by atoms with Gasteiger partial charge in [-0.05, 0) is 63.7 Å². The third kappa shape index (κ3) is 5.82. The van der Waals surface area contributed by atoms with Gasteiger partial charge in [0.05, 0.1) is 0 Å². The molecule has 268 valence electrons. The molecule has 9 aromatic rings. The summed E-state index contributed by atoms with van der Waals surface area (Å²) in [6.07, 6.45) is 13.4. The second-order valence-corrected chi connectivity index (χ2v) is 14.7. The molecule has 0 fully saturated rings. The molecule has 0 amide bonds. The number of rotatable bonds is 6. The SMILES string of the molecule is C1=CC2C=Cc3cc(-c4nc(-c5ccccc5)nc(-c5ccc(-c6ccccc6)c6oc7c(-c8ccccc8)cc(-c8ccccc8)cc7c56)n4)ccc3C2C=C1. The summed E-state index contributed by atoms with van der Waals surface area (Å²) < 4.78 is 7.12. The van der Waals surface area contributed by atoms with Crippen molar-refractivity contribution in [1.29, 1.82) is 0 Å². The summed E-state index contributed by atoms with van der Waals surface area (Å²) in [4.78, 5) is 15.7. The highest BCUT2D eigenvalue weighted by molar-refractivity contribution is 6.19. The van der Waals surface area contributed by atoms with Gasteiger partial charge in [-0.3, -0.25) is 0 Å². The van der Waals surface area contributed by atoms with Crippen molar-refractivity contribution in [1.82, 2.24) is 15.0 Å². The van der Waals surface area contributed by atoms with Crippen molar-refractivity contribution in [3.63, 3.8) is 0 Å². The standard InChI is InChI=1S/C53H35N3O/c1-5-15-34(16-6-1)41-32-46(36-19-9-3-10-20-36)49-47(33-41)48-45(30-29-44(50(48)57-49)35-17-7-2-8-18-35)53-55-51(38-22-11-4-12-23-38)54-52(56-53)40-27-28-43-39(31-40)26-25-37-21-13-14-24-42(37)43/h1-33,37,42H. The average Bonchev–Trinajstić information content (AvgIpc) is 3.69. The molecule has 2 aliphatic carbocycles. The Morgan fingerprint density at radius 1 is 0.404 bits per heavy atom. The zero-order chi connectivity index (χ0) is 37.7. The molecule has 57 heavy (non-hydrogen) atoms. The molecule has 7 aromatic carbocycles. The number of allylic oxidation sites excluding steroid dienone is 5. The number of hydrogen-bond donors (Lipinski definition) is 0. The second-order valence-electron chi connectivity index (χ2n) is 14.7. The van der Waals surface area contributed by atoms with Gasteiger partial charge in [-0.2, -0.15) is 0 Å². The Bertz CT molecular complexity index is 3050. The van der Waals surface area contributed by atoms with E-state index in [1.54, 1.807) is 0 Å². The van der Waals surface area contributed by atoms with Crippen molar-refractivity contribution in [2.24, 2.45) is 5.92 Å². The summed E-state index contributed by atoms with van der Waals surface area (Å²) in [6.45, 7) is 0. The molecule has 2 unspecified atom stereocenters. The van der Waals surface area contributed by atoms with E-state index >= 15 is 0 Å². The van der Waals surface area contributed by atoms with Crippen LogP contribution >= 0.6 is 0 Å². The molecular weight excluding hydrogens is 695 g/mol. The first-order valence-electron chi connectivity index (χ1n) is 19.4. The first kappa shape index (κ1) is 33.0. The van der Waals surface area contributed by atoms with Gasteiger partial charge in [0.2, 0.25) is 0 Å². The van der Waals surface area contributed by atoms with Crippen LogP contribution in [-0.2, 0) is 0 Å². The zero-order valence-corrected chi connectivity index (χ0v) is 31.0. The molecule has 0 radical (unpaired) electrons. The van der Waals surface area contributed by atoms with E-state index in [4.69, 9.17) is 19.4 Å². The fraction of sp³-hybridized carbons (Fsp3) is 0.0377. The third-order valence-electron chi connectivity index (χ3n) is 11.3. The largest absolute Gasteiger partial charge is 0.455 e. The summed E-state index contributed by atoms with van der Waals surface area (Å²) in [5.74, 6) is 2.53. The van der Waals surface area contributed by atoms with E-state index in [0.717, 1.165) is 72.0 Å². The molecule has 0 N–H and O–H groups in total. The number of benzene rings is 7. The minimum Gasteiger partial charge on any atom is -0.455 e. The highest BCUT2D eigenvalue weighted by Gasteiger charge is 2.26. The van der Waals surface area contributed by atoms with Crippen molar-refractivity contribution >= 4 is 28.0 Å². The Kier molecular flexibility index (Phi) is 7.92. The van der Waals surface area contributed by atoms with Crippen LogP contribution in [-0.4, -0.2) is 15.0 Å². The summed E-state index contributed by atoms with van der Waals surface area (Å²) in [6, 6.07) is 57.1. The molecule has 2 aromatic heterocycles. The van der Waals surface area contributed by atoms with E-state index in [9.17, 15) is 0 Å². The van der Waals surface area contributed by atoms with Crippen LogP contribution < -0.4 is 0 Å². The predicted octanol–water partition coefficient (Wildman–Crippen LogP) is 13.6. The van der Waals surface area contributed by atoms with Gasteiger partial charge in [-0.15, -0.1) is 0 Å². The molecule has 0 saturated heterocycles. The number of hydrogen-bond acceptors (Lipinski definition) is 4. The molecule has 0 saturated carbocycles. The maximum atomic E-state index is 7.12. The smallest absolute Gasteiger partial charge is 0.164 e. The van der Waals surface area contributed by atoms with Gasteiger partial charge in [0.15, 0.2) is 17.5 Å². The normalized spacial score (nSPS) is 15.5. The molecular formula is C53H35N3O. The molecule has 0 spiro atoms. The maximum absolute atomic E-state index is 7.12. The van der Waals surface area contributed by atoms with Crippen molar-refractivity contribution in [3.05, 3.63) is 205 Å². The summed E-state index contributed by atoms with van der Waals surface area (Å²) >= 11 is 0. The lowest BCUT2D eigenvalue weighted by Gasteiger charge is -2.27. The van der Waals surface area contributed by atoms with E-state index in [1.165, 1.54) is 11.1 Å². The van der Waals surface area contributed by atoms with E-state index in [-0.39, 0.29) is 0 Å². The fourth-order valence-corrected chi connectivity index (χ4v) is 8.48. The molecule has 0 bridgehead atoms. The van der Waals surface area contributed by atoms with Gasteiger partial charge in [-0.25, -0.2) is 15.0 Å². The summed E-state index contributed by atoms with van der Waals surface area (Å²) in [5.41, 5.74) is 13.3. The lowest BCUT2D eigenvalue weighted by molar-refractivity contribution is 0.671. The molecule has 2 atom stereocenters. The lowest BCUT2D eigenvalue weighted by atomic mass is 9.77. The molecule has 0 aliphatic heterocycles. The monoisotopic (exact) mass is 729 g/mol. The van der Waals surface area contributed by atoms with E-state index in [0.29, 0.717) is 29.3 Å². The summed E-state index contributed by atoms with van der Waals surface area (Å²) in [7, 11) is 0. The van der Waals surface area contributed by atoms with Crippen LogP contribution in [0.1, 0.15) is 17.0 Å². The molecule has 4 nitrogen and oxygen atoms in total. The fourth-order valence-electron chi connectivity index (χ4n) is 8.48. The van der Waals surface area contributed by atoms with E-state index < -0.39 is 0 Å². The Morgan fingerprint density at radius 2 is 1.00 bits per heavy atom. The van der Waals surface area contributed by atoms with Gasteiger partial charge in [0.25, 0.3) is 0 Å². The van der Waals surface area contributed by atoms with Crippen molar-refractivity contribution < 1.29 is 4.42 Å². The van der Waals surface area contributed by atoms with Crippen LogP contribution in [0.4, 0.5) is 0 Å². The Balaban J connectivity index is 1.19. The van der Waals surface area contributed by atoms with Gasteiger partial charge in [0.1, 0.15) is 11.2 Å². The second kappa shape index (κ2) is 13.7. The van der Waals surface area contributed by atoms with Crippen molar-refractivity contribution in [2.75, 3.05) is 0 Å². The van der Waals surface area contributed by atoms with Crippen LogP contribution in [0, 0.1) is 5.92 Å². The van der Waals surface area contributed by atoms with Crippen LogP contribution in [0.5, 0.6) is 0 Å². The van der Waals surface area contributed by atoms with Crippen LogP contribution in [0.15, 0.2) is 199 Å². The minimum atomic E-state index is 0.324. The molecule has 11 rings (SSSR count). The topological polar surface area (TPSA) is 51.8 Å². The van der Waals surface area contributed by atoms with Crippen LogP contribution in [0.25, 0.3) is 95.6 Å². The van der Waals surface area contributed by atoms with Crippen molar-refractivity contribution in [3.8, 4) is 67.5 Å². The van der Waals surface area contributed by atoms with Crippen LogP contribution in [0.2, 0.25) is 0 Å². The maximum Gasteiger partial charge on any atom is 0.164 e. The number of furan rings is 1. The summed E-state index contributed by atoms with van der Waals surface area (Å²) in [5, 5.41) is 1.97. The number of fused-ring (bicyclic) bond motifs is 6. The third-order valence-corrected chi connectivity index (χ3v) is 11.3. The highest BCUT2D eigenvalue weighted by Crippen LogP contribution is 2.46. The Morgan fingerprint density at radius 3 is 1.72 bits per heavy atom. The number of aromatic nitrogens is 3. The zero-order valence-electron chi connectivity index (χ0n) is 31.0. The first-order chi connectivity index (χ1) is 28.2. The Hall–Kier alpha value is -7.43. The van der Waals surface area contributed by atoms with Gasteiger partial charge in [-0.1, -0.05) is 170 Å². The van der Waals surface area contributed by atoms with Gasteiger partial charge >= 0.3 is 0 Å². The first-order valence-corrected chi connectivity index (χ1v) is 19.4. The molecule has 2 heterocycles. The predicted molar refractivity (Wildman–Crippen MR) is 233 cm³/mol. The Labute approximate surface area is 330 Å². The highest BCUT2D eigenvalue weighted by atomic mass is 16.3. The van der Waals surface area contributed by atoms with E-state index in [2.05, 4.69) is 176 Å². The van der Waals surface area contributed by atoms with Crippen molar-refractivity contribution in [2.45, 2.75) is 5.92 Å². The molecule has 2 aliphatic rings. The van der Waals surface area contributed by atoms with Crippen LogP contribution in [0.3, 0.4) is 0 Å². The minimum absolute atomic E-state index is 0.324. The quantitative estimate of drug-likeness (QED) is 0.171. The van der Waals surface area contributed by atoms with Gasteiger partial charge in [0, 0.05) is 50.4 Å².